The molecule has 2 fully saturated rings. The van der Waals surface area contributed by atoms with E-state index >= 15 is 0 Å². The van der Waals surface area contributed by atoms with Crippen molar-refractivity contribution in [1.82, 2.24) is 4.90 Å². The summed E-state index contributed by atoms with van der Waals surface area (Å²) in [7, 11) is 3.22. The normalized spacial score (nSPS) is 26.3. The number of rotatable bonds is 11. The van der Waals surface area contributed by atoms with Crippen LogP contribution in [0.25, 0.3) is 11.1 Å². The van der Waals surface area contributed by atoms with E-state index in [0.717, 1.165) is 53.5 Å². The molecule has 7 atom stereocenters. The van der Waals surface area contributed by atoms with Crippen molar-refractivity contribution >= 4 is 11.9 Å². The second kappa shape index (κ2) is 19.9. The number of fused-ring (bicyclic) bond motifs is 8. The van der Waals surface area contributed by atoms with Crippen LogP contribution in [0, 0.1) is 23.2 Å². The quantitative estimate of drug-likeness (QED) is 0.114. The van der Waals surface area contributed by atoms with E-state index in [1.54, 1.807) is 19.1 Å². The molecule has 4 aromatic rings. The molecule has 0 aliphatic heterocycles. The van der Waals surface area contributed by atoms with Gasteiger partial charge in [0.25, 0.3) is 0 Å². The van der Waals surface area contributed by atoms with Crippen molar-refractivity contribution in [1.29, 1.82) is 0 Å². The molecule has 7 unspecified atom stereocenters. The lowest BCUT2D eigenvalue weighted by Gasteiger charge is -2.46. The summed E-state index contributed by atoms with van der Waals surface area (Å²) in [5, 5.41) is 24.6. The summed E-state index contributed by atoms with van der Waals surface area (Å²) in [5.41, 5.74) is 4.97. The number of ketones is 1. The van der Waals surface area contributed by atoms with E-state index in [2.05, 4.69) is 65.0 Å². The van der Waals surface area contributed by atoms with Crippen LogP contribution in [0.4, 0.5) is 4.79 Å². The molecule has 0 saturated heterocycles. The van der Waals surface area contributed by atoms with Gasteiger partial charge in [-0.25, -0.2) is 4.79 Å². The second-order valence-electron chi connectivity index (χ2n) is 19.5. The van der Waals surface area contributed by atoms with Gasteiger partial charge in [0.1, 0.15) is 17.6 Å². The molecule has 8 heteroatoms. The van der Waals surface area contributed by atoms with Crippen LogP contribution in [-0.2, 0) is 17.7 Å². The van der Waals surface area contributed by atoms with Crippen LogP contribution in [0.2, 0.25) is 0 Å². The zero-order valence-electron chi connectivity index (χ0n) is 38.6. The molecule has 4 aliphatic carbocycles. The highest BCUT2D eigenvalue weighted by Crippen LogP contribution is 2.59. The van der Waals surface area contributed by atoms with Crippen LogP contribution < -0.4 is 9.47 Å². The van der Waals surface area contributed by atoms with E-state index in [0.29, 0.717) is 73.0 Å². The van der Waals surface area contributed by atoms with Crippen LogP contribution in [0.1, 0.15) is 131 Å². The lowest BCUT2D eigenvalue weighted by Crippen LogP contribution is -2.54. The fourth-order valence-electron chi connectivity index (χ4n) is 10.9. The number of benzene rings is 4. The Morgan fingerprint density at radius 1 is 0.873 bits per heavy atom. The molecule has 1 amide bonds. The van der Waals surface area contributed by atoms with Gasteiger partial charge < -0.3 is 29.3 Å². The van der Waals surface area contributed by atoms with Gasteiger partial charge in [-0.3, -0.25) is 4.79 Å². The predicted molar refractivity (Wildman–Crippen MR) is 250 cm³/mol. The highest BCUT2D eigenvalue weighted by Gasteiger charge is 2.58. The van der Waals surface area contributed by atoms with Gasteiger partial charge in [0.15, 0.2) is 5.78 Å². The summed E-state index contributed by atoms with van der Waals surface area (Å²) in [4.78, 5) is 31.4. The number of carbonyl (C=O) groups excluding carboxylic acids is 2. The van der Waals surface area contributed by atoms with Crippen LogP contribution >= 0.6 is 0 Å². The molecule has 0 radical (unpaired) electrons. The van der Waals surface area contributed by atoms with Crippen molar-refractivity contribution in [2.45, 2.75) is 129 Å². The molecule has 4 aromatic carbocycles. The predicted octanol–water partition coefficient (Wildman–Crippen LogP) is 11.7. The van der Waals surface area contributed by atoms with E-state index in [9.17, 15) is 19.8 Å². The Morgan fingerprint density at radius 3 is 2.33 bits per heavy atom. The smallest absolute Gasteiger partial charge is 0.410 e. The fraction of sp³-hybridized carbons (Fsp3) is 0.491. The summed E-state index contributed by atoms with van der Waals surface area (Å²) in [6, 6.07) is 29.6. The average molecular weight is 856 g/mol. The summed E-state index contributed by atoms with van der Waals surface area (Å²) < 4.78 is 17.9. The van der Waals surface area contributed by atoms with Gasteiger partial charge in [0.2, 0.25) is 0 Å². The van der Waals surface area contributed by atoms with Gasteiger partial charge in [-0.15, -0.1) is 0 Å². The maximum Gasteiger partial charge on any atom is 0.410 e. The second-order valence-corrected chi connectivity index (χ2v) is 19.5. The highest BCUT2D eigenvalue weighted by molar-refractivity contribution is 6.10. The summed E-state index contributed by atoms with van der Waals surface area (Å²) in [6.07, 6.45) is 8.15. The maximum atomic E-state index is 14.9. The fourth-order valence-corrected chi connectivity index (χ4v) is 10.9. The topological polar surface area (TPSA) is 106 Å². The number of ether oxygens (including phenoxy) is 3. The van der Waals surface area contributed by atoms with Crippen molar-refractivity contribution in [3.8, 4) is 22.6 Å². The van der Waals surface area contributed by atoms with Crippen molar-refractivity contribution in [3.05, 3.63) is 130 Å². The van der Waals surface area contributed by atoms with Gasteiger partial charge in [0.05, 0.1) is 39.0 Å². The van der Waals surface area contributed by atoms with Crippen LogP contribution in [0.15, 0.2) is 103 Å². The van der Waals surface area contributed by atoms with Gasteiger partial charge in [-0.05, 0) is 129 Å². The molecule has 63 heavy (non-hydrogen) atoms. The minimum absolute atomic E-state index is 0.0415. The first kappa shape index (κ1) is 46.1. The van der Waals surface area contributed by atoms with E-state index < -0.39 is 23.2 Å². The minimum Gasteiger partial charge on any atom is -0.497 e. The minimum atomic E-state index is -1.35. The maximum absolute atomic E-state index is 14.9. The number of hydrogen-bond donors (Lipinski definition) is 2. The summed E-state index contributed by atoms with van der Waals surface area (Å²) in [6.45, 7) is 11.1. The van der Waals surface area contributed by atoms with Crippen LogP contribution in [0.3, 0.4) is 0 Å². The molecular formula is C55H69NO7. The third kappa shape index (κ3) is 10.2. The molecule has 0 heterocycles. The van der Waals surface area contributed by atoms with Crippen molar-refractivity contribution in [2.24, 2.45) is 23.2 Å². The molecule has 2 bridgehead atoms. The van der Waals surface area contributed by atoms with Gasteiger partial charge in [-0.1, -0.05) is 112 Å². The number of methoxy groups -OCH3 is 2. The van der Waals surface area contributed by atoms with E-state index in [4.69, 9.17) is 14.2 Å². The lowest BCUT2D eigenvalue weighted by atomic mass is 9.64. The van der Waals surface area contributed by atoms with E-state index in [-0.39, 0.29) is 36.8 Å². The summed E-state index contributed by atoms with van der Waals surface area (Å²) in [5.74, 6) is 2.00. The van der Waals surface area contributed by atoms with Crippen molar-refractivity contribution in [2.75, 3.05) is 20.8 Å². The van der Waals surface area contributed by atoms with E-state index in [1.165, 1.54) is 5.57 Å². The number of nitrogens with zero attached hydrogens (tertiary/aromatic N) is 1. The molecule has 0 spiro atoms. The van der Waals surface area contributed by atoms with Gasteiger partial charge in [0, 0.05) is 28.2 Å². The number of aliphatic hydroxyl groups is 2. The Bertz CT molecular complexity index is 2230. The molecule has 0 aromatic heterocycles. The number of amides is 1. The zero-order valence-corrected chi connectivity index (χ0v) is 38.6. The molecule has 8 rings (SSSR count). The first-order valence-corrected chi connectivity index (χ1v) is 23.3. The molecule has 2 N–H and O–H groups in total. The number of hydrogen-bond acceptors (Lipinski definition) is 7. The molecule has 336 valence electrons. The first-order chi connectivity index (χ1) is 30.2. The lowest BCUT2D eigenvalue weighted by molar-refractivity contribution is -0.0877. The van der Waals surface area contributed by atoms with E-state index in [1.807, 2.05) is 66.7 Å². The standard InChI is InChI=1S/C55H69NO7/c1-36(2)46-25-16-38(4)30-51(46)63-53(59)56(34-43-22-24-45(61-6)33-50(43)62-7)35-55(60)29-27-49-47-26-17-39(31-44(57)23-15-37(3)12-11-28-54(49,55)5)32-48(47)52(58)42-20-18-41(19-21-42)40-13-9-8-10-14-40/h8-10,12-14,17-22,24,26,32-33,36,38,44,46,49,51,57,60H,11,15-16,23,25,27-31,34-35H2,1-7H3. The van der Waals surface area contributed by atoms with Crippen LogP contribution in [-0.4, -0.2) is 65.6 Å². The molecular weight excluding hydrogens is 787 g/mol. The third-order valence-electron chi connectivity index (χ3n) is 15.0. The first-order valence-electron chi connectivity index (χ1n) is 23.3. The number of aliphatic hydroxyl groups excluding tert-OH is 1. The Morgan fingerprint density at radius 2 is 1.62 bits per heavy atom. The third-order valence-corrected chi connectivity index (χ3v) is 15.0. The number of carbonyl (C=O) groups is 2. The van der Waals surface area contributed by atoms with Crippen LogP contribution in [0.5, 0.6) is 11.5 Å². The Kier molecular flexibility index (Phi) is 14.5. The largest absolute Gasteiger partial charge is 0.497 e. The van der Waals surface area contributed by atoms with Crippen molar-refractivity contribution in [3.63, 3.8) is 0 Å². The summed E-state index contributed by atoms with van der Waals surface area (Å²) >= 11 is 0. The highest BCUT2D eigenvalue weighted by atomic mass is 16.6. The monoisotopic (exact) mass is 856 g/mol. The van der Waals surface area contributed by atoms with Gasteiger partial charge in [-0.2, -0.15) is 0 Å². The van der Waals surface area contributed by atoms with Gasteiger partial charge >= 0.3 is 6.09 Å². The Hall–Kier alpha value is -4.92. The Balaban J connectivity index is 1.28. The number of allylic oxidation sites excluding steroid dienone is 2. The SMILES string of the molecule is COc1ccc(CN(CC2(O)CCC3c4ccc(cc4C(=O)c4ccc(-c5ccccc5)cc4)CC(O)CCC(C)=CCCC32C)C(=O)OC2CC(C)CCC2C(C)C)c(OC)c1. The molecule has 4 aliphatic rings. The van der Waals surface area contributed by atoms with Crippen molar-refractivity contribution < 1.29 is 34.0 Å². The molecule has 2 saturated carbocycles. The zero-order chi connectivity index (χ0) is 44.9. The Labute approximate surface area is 375 Å². The molecule has 8 nitrogen and oxygen atoms in total. The average Bonchev–Trinajstić information content (AvgIpc) is 3.53.